The molecule has 6 heteroatoms. The van der Waals surface area contributed by atoms with Gasteiger partial charge in [0.05, 0.1) is 0 Å². The van der Waals surface area contributed by atoms with Crippen molar-refractivity contribution in [1.29, 1.82) is 0 Å². The standard InChI is InChI=1S/C9H11N3O3/c1-9(2,8(14)15)11-7(13)6-4-3-5-10-12-6/h3-5H,1-2H3,(H,11,13)(H,14,15). The zero-order valence-electron chi connectivity index (χ0n) is 8.39. The number of carboxylic acid groups (broad SMARTS) is 1. The second-order valence-electron chi connectivity index (χ2n) is 3.49. The SMILES string of the molecule is CC(C)(NC(=O)c1cccnn1)C(=O)O. The van der Waals surface area contributed by atoms with Gasteiger partial charge < -0.3 is 10.4 Å². The van der Waals surface area contributed by atoms with Crippen LogP contribution in [0.15, 0.2) is 18.3 Å². The number of rotatable bonds is 3. The second-order valence-corrected chi connectivity index (χ2v) is 3.49. The van der Waals surface area contributed by atoms with Crippen LogP contribution < -0.4 is 5.32 Å². The molecule has 1 amide bonds. The Morgan fingerprint density at radius 1 is 1.47 bits per heavy atom. The Balaban J connectivity index is 2.77. The highest BCUT2D eigenvalue weighted by Crippen LogP contribution is 2.03. The zero-order chi connectivity index (χ0) is 11.5. The fourth-order valence-corrected chi connectivity index (χ4v) is 0.824. The molecule has 0 saturated carbocycles. The van der Waals surface area contributed by atoms with Crippen molar-refractivity contribution in [3.63, 3.8) is 0 Å². The largest absolute Gasteiger partial charge is 0.480 e. The molecule has 0 aromatic carbocycles. The van der Waals surface area contributed by atoms with Crippen molar-refractivity contribution >= 4 is 11.9 Å². The fourth-order valence-electron chi connectivity index (χ4n) is 0.824. The number of aromatic nitrogens is 2. The Hall–Kier alpha value is -1.98. The van der Waals surface area contributed by atoms with Crippen LogP contribution in [-0.4, -0.2) is 32.7 Å². The molecule has 1 aromatic heterocycles. The number of carbonyl (C=O) groups excluding carboxylic acids is 1. The number of hydrogen-bond acceptors (Lipinski definition) is 4. The van der Waals surface area contributed by atoms with E-state index < -0.39 is 17.4 Å². The number of carboxylic acids is 1. The maximum Gasteiger partial charge on any atom is 0.328 e. The van der Waals surface area contributed by atoms with Gasteiger partial charge >= 0.3 is 5.97 Å². The molecule has 15 heavy (non-hydrogen) atoms. The van der Waals surface area contributed by atoms with Gasteiger partial charge in [-0.25, -0.2) is 4.79 Å². The molecule has 1 heterocycles. The molecule has 0 aliphatic carbocycles. The minimum atomic E-state index is -1.32. The number of hydrogen-bond donors (Lipinski definition) is 2. The number of amides is 1. The lowest BCUT2D eigenvalue weighted by Gasteiger charge is -2.20. The molecule has 0 saturated heterocycles. The maximum absolute atomic E-state index is 11.5. The van der Waals surface area contributed by atoms with E-state index in [2.05, 4.69) is 15.5 Å². The van der Waals surface area contributed by atoms with Gasteiger partial charge in [-0.3, -0.25) is 4.79 Å². The van der Waals surface area contributed by atoms with Crippen LogP contribution in [0.3, 0.4) is 0 Å². The van der Waals surface area contributed by atoms with Gasteiger partial charge in [0.2, 0.25) is 0 Å². The van der Waals surface area contributed by atoms with Gasteiger partial charge in [0, 0.05) is 6.20 Å². The number of nitrogens with zero attached hydrogens (tertiary/aromatic N) is 2. The lowest BCUT2D eigenvalue weighted by Crippen LogP contribution is -2.49. The van der Waals surface area contributed by atoms with Gasteiger partial charge in [-0.1, -0.05) is 0 Å². The molecule has 1 aromatic rings. The molecule has 0 unspecified atom stereocenters. The molecular weight excluding hydrogens is 198 g/mol. The van der Waals surface area contributed by atoms with Gasteiger partial charge in [-0.05, 0) is 26.0 Å². The van der Waals surface area contributed by atoms with Crippen LogP contribution >= 0.6 is 0 Å². The Morgan fingerprint density at radius 2 is 2.13 bits per heavy atom. The van der Waals surface area contributed by atoms with Gasteiger partial charge in [0.25, 0.3) is 5.91 Å². The molecule has 0 spiro atoms. The molecule has 2 N–H and O–H groups in total. The molecule has 0 aliphatic rings. The zero-order valence-corrected chi connectivity index (χ0v) is 8.39. The van der Waals surface area contributed by atoms with Crippen molar-refractivity contribution < 1.29 is 14.7 Å². The summed E-state index contributed by atoms with van der Waals surface area (Å²) in [5.41, 5.74) is -1.24. The Morgan fingerprint density at radius 3 is 2.60 bits per heavy atom. The molecule has 0 aliphatic heterocycles. The summed E-state index contributed by atoms with van der Waals surface area (Å²) < 4.78 is 0. The molecule has 0 fully saturated rings. The minimum Gasteiger partial charge on any atom is -0.480 e. The van der Waals surface area contributed by atoms with Crippen LogP contribution in [0.25, 0.3) is 0 Å². The van der Waals surface area contributed by atoms with Crippen LogP contribution in [0.4, 0.5) is 0 Å². The van der Waals surface area contributed by atoms with Crippen molar-refractivity contribution in [2.24, 2.45) is 0 Å². The third-order valence-electron chi connectivity index (χ3n) is 1.77. The van der Waals surface area contributed by atoms with E-state index >= 15 is 0 Å². The maximum atomic E-state index is 11.5. The summed E-state index contributed by atoms with van der Waals surface area (Å²) in [6.45, 7) is 2.78. The predicted octanol–water partition coefficient (Wildman–Crippen LogP) is 0.0696. The van der Waals surface area contributed by atoms with E-state index in [-0.39, 0.29) is 5.69 Å². The summed E-state index contributed by atoms with van der Waals surface area (Å²) in [5, 5.41) is 18.2. The molecule has 80 valence electrons. The summed E-state index contributed by atoms with van der Waals surface area (Å²) >= 11 is 0. The van der Waals surface area contributed by atoms with E-state index in [9.17, 15) is 9.59 Å². The van der Waals surface area contributed by atoms with Gasteiger partial charge in [-0.15, -0.1) is 5.10 Å². The Bertz CT molecular complexity index is 375. The van der Waals surface area contributed by atoms with E-state index in [4.69, 9.17) is 5.11 Å². The van der Waals surface area contributed by atoms with E-state index in [1.807, 2.05) is 0 Å². The van der Waals surface area contributed by atoms with Crippen molar-refractivity contribution in [3.05, 3.63) is 24.0 Å². The monoisotopic (exact) mass is 209 g/mol. The van der Waals surface area contributed by atoms with E-state index in [0.29, 0.717) is 0 Å². The Labute approximate surface area is 86.3 Å². The normalized spacial score (nSPS) is 10.8. The molecule has 0 radical (unpaired) electrons. The third-order valence-corrected chi connectivity index (χ3v) is 1.77. The lowest BCUT2D eigenvalue weighted by atomic mass is 10.1. The van der Waals surface area contributed by atoms with Crippen molar-refractivity contribution in [2.75, 3.05) is 0 Å². The summed E-state index contributed by atoms with van der Waals surface area (Å²) in [4.78, 5) is 22.2. The molecular formula is C9H11N3O3. The summed E-state index contributed by atoms with van der Waals surface area (Å²) in [5.74, 6) is -1.67. The fraction of sp³-hybridized carbons (Fsp3) is 0.333. The van der Waals surface area contributed by atoms with Crippen LogP contribution in [0.2, 0.25) is 0 Å². The van der Waals surface area contributed by atoms with Gasteiger partial charge in [-0.2, -0.15) is 5.10 Å². The smallest absolute Gasteiger partial charge is 0.328 e. The topological polar surface area (TPSA) is 92.2 Å². The first-order valence-electron chi connectivity index (χ1n) is 4.27. The first-order valence-corrected chi connectivity index (χ1v) is 4.27. The molecule has 6 nitrogen and oxygen atoms in total. The molecule has 1 rings (SSSR count). The first-order chi connectivity index (χ1) is 6.93. The highest BCUT2D eigenvalue weighted by molar-refractivity contribution is 5.95. The molecule has 0 atom stereocenters. The average molecular weight is 209 g/mol. The van der Waals surface area contributed by atoms with Gasteiger partial charge in [0.15, 0.2) is 5.69 Å². The predicted molar refractivity (Wildman–Crippen MR) is 51.2 cm³/mol. The van der Waals surface area contributed by atoms with Crippen molar-refractivity contribution in [1.82, 2.24) is 15.5 Å². The van der Waals surface area contributed by atoms with Crippen LogP contribution in [0, 0.1) is 0 Å². The second kappa shape index (κ2) is 4.04. The summed E-state index contributed by atoms with van der Waals surface area (Å²) in [6, 6.07) is 3.01. The van der Waals surface area contributed by atoms with Crippen LogP contribution in [0.1, 0.15) is 24.3 Å². The first kappa shape index (κ1) is 11.1. The Kier molecular flexibility index (Phi) is 2.99. The van der Waals surface area contributed by atoms with Crippen molar-refractivity contribution in [3.8, 4) is 0 Å². The lowest BCUT2D eigenvalue weighted by molar-refractivity contribution is -0.143. The number of nitrogens with one attached hydrogen (secondary N) is 1. The van der Waals surface area contributed by atoms with Crippen molar-refractivity contribution in [2.45, 2.75) is 19.4 Å². The summed E-state index contributed by atoms with van der Waals surface area (Å²) in [7, 11) is 0. The van der Waals surface area contributed by atoms with Crippen LogP contribution in [-0.2, 0) is 4.79 Å². The minimum absolute atomic E-state index is 0.0897. The quantitative estimate of drug-likeness (QED) is 0.734. The van der Waals surface area contributed by atoms with Gasteiger partial charge in [0.1, 0.15) is 5.54 Å². The average Bonchev–Trinajstić information content (AvgIpc) is 2.18. The highest BCUT2D eigenvalue weighted by Gasteiger charge is 2.29. The van der Waals surface area contributed by atoms with Crippen LogP contribution in [0.5, 0.6) is 0 Å². The van der Waals surface area contributed by atoms with E-state index in [1.165, 1.54) is 26.1 Å². The summed E-state index contributed by atoms with van der Waals surface area (Å²) in [6.07, 6.45) is 1.43. The molecule has 0 bridgehead atoms. The number of carbonyl (C=O) groups is 2. The van der Waals surface area contributed by atoms with E-state index in [0.717, 1.165) is 0 Å². The third kappa shape index (κ3) is 2.73. The number of aliphatic carboxylic acids is 1. The van der Waals surface area contributed by atoms with E-state index in [1.54, 1.807) is 6.07 Å². The highest BCUT2D eigenvalue weighted by atomic mass is 16.4.